The van der Waals surface area contributed by atoms with Crippen molar-refractivity contribution in [3.63, 3.8) is 0 Å². The third-order valence-electron chi connectivity index (χ3n) is 3.41. The van der Waals surface area contributed by atoms with Crippen molar-refractivity contribution in [3.05, 3.63) is 71.0 Å². The number of thioether (sulfide) groups is 2. The highest BCUT2D eigenvalue weighted by Crippen LogP contribution is 2.39. The maximum Gasteiger partial charge on any atom is 0.302 e. The van der Waals surface area contributed by atoms with Crippen molar-refractivity contribution in [1.82, 2.24) is 0 Å². The minimum absolute atomic E-state index is 0.0507. The molecule has 0 saturated heterocycles. The number of carbonyl (C=O) groups excluding carboxylic acids is 1. The van der Waals surface area contributed by atoms with Gasteiger partial charge in [-0.1, -0.05) is 79.3 Å². The van der Waals surface area contributed by atoms with Crippen LogP contribution in [0.3, 0.4) is 0 Å². The molecule has 2 rings (SSSR count). The van der Waals surface area contributed by atoms with E-state index in [-0.39, 0.29) is 12.1 Å². The first-order chi connectivity index (χ1) is 12.2. The van der Waals surface area contributed by atoms with Crippen LogP contribution in [0.15, 0.2) is 80.8 Å². The SMILES string of the molecule is CCC[C@@H](CC=C(Sc1ccccc1)Sc1ccccc1)OC(C)=O. The van der Waals surface area contributed by atoms with E-state index in [2.05, 4.69) is 37.3 Å². The van der Waals surface area contributed by atoms with Gasteiger partial charge in [-0.05, 0) is 30.7 Å². The van der Waals surface area contributed by atoms with Gasteiger partial charge in [-0.15, -0.1) is 0 Å². The van der Waals surface area contributed by atoms with Crippen LogP contribution in [0.5, 0.6) is 0 Å². The van der Waals surface area contributed by atoms with Crippen LogP contribution in [0.2, 0.25) is 0 Å². The predicted molar refractivity (Wildman–Crippen MR) is 108 cm³/mol. The molecule has 0 saturated carbocycles. The molecule has 0 aliphatic carbocycles. The fraction of sp³-hybridized carbons (Fsp3) is 0.286. The van der Waals surface area contributed by atoms with Gasteiger partial charge >= 0.3 is 5.97 Å². The van der Waals surface area contributed by atoms with E-state index in [1.54, 1.807) is 23.5 Å². The van der Waals surface area contributed by atoms with Gasteiger partial charge in [-0.25, -0.2) is 0 Å². The number of hydrogen-bond donors (Lipinski definition) is 0. The fourth-order valence-corrected chi connectivity index (χ4v) is 4.48. The summed E-state index contributed by atoms with van der Waals surface area (Å²) in [5.41, 5.74) is 0. The molecule has 0 aromatic heterocycles. The number of hydrogen-bond acceptors (Lipinski definition) is 4. The summed E-state index contributed by atoms with van der Waals surface area (Å²) in [6, 6.07) is 20.7. The Bertz CT molecular complexity index is 625. The van der Waals surface area contributed by atoms with Gasteiger partial charge in [0.1, 0.15) is 6.10 Å². The van der Waals surface area contributed by atoms with Gasteiger partial charge in [0.05, 0.1) is 0 Å². The number of ether oxygens (including phenoxy) is 1. The van der Waals surface area contributed by atoms with Crippen molar-refractivity contribution in [3.8, 4) is 0 Å². The van der Waals surface area contributed by atoms with E-state index in [0.717, 1.165) is 19.3 Å². The molecule has 2 aromatic carbocycles. The normalized spacial score (nSPS) is 11.6. The molecule has 0 amide bonds. The van der Waals surface area contributed by atoms with Gasteiger partial charge in [0.2, 0.25) is 0 Å². The average molecular weight is 373 g/mol. The number of rotatable bonds is 9. The number of carbonyl (C=O) groups is 1. The Morgan fingerprint density at radius 1 is 1.00 bits per heavy atom. The smallest absolute Gasteiger partial charge is 0.302 e. The summed E-state index contributed by atoms with van der Waals surface area (Å²) in [6.07, 6.45) is 4.76. The maximum absolute atomic E-state index is 11.3. The molecular formula is C21H24O2S2. The largest absolute Gasteiger partial charge is 0.462 e. The van der Waals surface area contributed by atoms with Crippen LogP contribution in [-0.2, 0) is 9.53 Å². The maximum atomic E-state index is 11.3. The highest BCUT2D eigenvalue weighted by molar-refractivity contribution is 8.22. The molecule has 0 fully saturated rings. The standard InChI is InChI=1S/C21H24O2S2/c1-3-10-18(23-17(2)22)15-16-21(24-19-11-6-4-7-12-19)25-20-13-8-5-9-14-20/h4-9,11-14,16,18H,3,10,15H2,1-2H3/t18-/m0/s1. The lowest BCUT2D eigenvalue weighted by atomic mass is 10.1. The first kappa shape index (κ1) is 19.7. The van der Waals surface area contributed by atoms with Gasteiger partial charge in [0, 0.05) is 27.4 Å². The zero-order valence-electron chi connectivity index (χ0n) is 14.7. The van der Waals surface area contributed by atoms with Crippen molar-refractivity contribution in [2.45, 2.75) is 49.0 Å². The zero-order chi connectivity index (χ0) is 17.9. The summed E-state index contributed by atoms with van der Waals surface area (Å²) in [5, 5.41) is 0. The molecular weight excluding hydrogens is 348 g/mol. The summed E-state index contributed by atoms with van der Waals surface area (Å²) in [4.78, 5) is 13.7. The Morgan fingerprint density at radius 3 is 1.96 bits per heavy atom. The zero-order valence-corrected chi connectivity index (χ0v) is 16.3. The Labute approximate surface area is 159 Å². The van der Waals surface area contributed by atoms with Crippen LogP contribution in [0, 0.1) is 0 Å². The Hall–Kier alpha value is -1.65. The van der Waals surface area contributed by atoms with Gasteiger partial charge in [-0.3, -0.25) is 4.79 Å². The molecule has 132 valence electrons. The highest BCUT2D eigenvalue weighted by atomic mass is 32.2. The summed E-state index contributed by atoms with van der Waals surface area (Å²) in [6.45, 7) is 3.59. The second kappa shape index (κ2) is 11.1. The van der Waals surface area contributed by atoms with Crippen molar-refractivity contribution in [1.29, 1.82) is 0 Å². The molecule has 4 heteroatoms. The lowest BCUT2D eigenvalue weighted by Gasteiger charge is -2.15. The fourth-order valence-electron chi connectivity index (χ4n) is 2.32. The minimum atomic E-state index is -0.208. The average Bonchev–Trinajstić information content (AvgIpc) is 2.61. The third-order valence-corrected chi connectivity index (χ3v) is 5.67. The van der Waals surface area contributed by atoms with Crippen LogP contribution < -0.4 is 0 Å². The van der Waals surface area contributed by atoms with E-state index in [1.165, 1.54) is 21.0 Å². The van der Waals surface area contributed by atoms with Crippen molar-refractivity contribution in [2.75, 3.05) is 0 Å². The van der Waals surface area contributed by atoms with Gasteiger partial charge in [-0.2, -0.15) is 0 Å². The van der Waals surface area contributed by atoms with Crippen LogP contribution in [0.25, 0.3) is 0 Å². The first-order valence-electron chi connectivity index (χ1n) is 8.50. The van der Waals surface area contributed by atoms with Gasteiger partial charge in [0.25, 0.3) is 0 Å². The van der Waals surface area contributed by atoms with Gasteiger partial charge in [0.15, 0.2) is 0 Å². The van der Waals surface area contributed by atoms with Crippen LogP contribution in [0.4, 0.5) is 0 Å². The van der Waals surface area contributed by atoms with E-state index in [4.69, 9.17) is 4.74 Å². The third kappa shape index (κ3) is 7.84. The Morgan fingerprint density at radius 2 is 1.52 bits per heavy atom. The van der Waals surface area contributed by atoms with E-state index in [0.29, 0.717) is 0 Å². The quantitative estimate of drug-likeness (QED) is 0.369. The number of benzene rings is 2. The molecule has 0 aliphatic heterocycles. The molecule has 1 atom stereocenters. The van der Waals surface area contributed by atoms with E-state index in [9.17, 15) is 4.79 Å². The lowest BCUT2D eigenvalue weighted by Crippen LogP contribution is -2.15. The highest BCUT2D eigenvalue weighted by Gasteiger charge is 2.11. The van der Waals surface area contributed by atoms with E-state index < -0.39 is 0 Å². The number of esters is 1. The van der Waals surface area contributed by atoms with E-state index in [1.807, 2.05) is 36.4 Å². The van der Waals surface area contributed by atoms with Crippen molar-refractivity contribution in [2.24, 2.45) is 0 Å². The molecule has 2 nitrogen and oxygen atoms in total. The van der Waals surface area contributed by atoms with E-state index >= 15 is 0 Å². The first-order valence-corrected chi connectivity index (χ1v) is 10.1. The van der Waals surface area contributed by atoms with Crippen LogP contribution in [-0.4, -0.2) is 12.1 Å². The second-order valence-electron chi connectivity index (χ2n) is 5.61. The molecule has 0 N–H and O–H groups in total. The molecule has 0 spiro atoms. The predicted octanol–water partition coefficient (Wildman–Crippen LogP) is 6.53. The van der Waals surface area contributed by atoms with Gasteiger partial charge < -0.3 is 4.74 Å². The summed E-state index contributed by atoms with van der Waals surface area (Å²) in [5.74, 6) is -0.208. The summed E-state index contributed by atoms with van der Waals surface area (Å²) >= 11 is 3.49. The Kier molecular flexibility index (Phi) is 8.70. The van der Waals surface area contributed by atoms with Crippen molar-refractivity contribution >= 4 is 29.5 Å². The summed E-state index contributed by atoms with van der Waals surface area (Å²) < 4.78 is 6.64. The summed E-state index contributed by atoms with van der Waals surface area (Å²) in [7, 11) is 0. The lowest BCUT2D eigenvalue weighted by molar-refractivity contribution is -0.146. The van der Waals surface area contributed by atoms with Crippen molar-refractivity contribution < 1.29 is 9.53 Å². The Balaban J connectivity index is 2.12. The molecule has 0 heterocycles. The molecule has 0 aliphatic rings. The molecule has 0 bridgehead atoms. The monoisotopic (exact) mass is 372 g/mol. The molecule has 0 unspecified atom stereocenters. The second-order valence-corrected chi connectivity index (χ2v) is 8.10. The van der Waals surface area contributed by atoms with Crippen LogP contribution >= 0.6 is 23.5 Å². The molecule has 2 aromatic rings. The minimum Gasteiger partial charge on any atom is -0.462 e. The molecule has 25 heavy (non-hydrogen) atoms. The van der Waals surface area contributed by atoms with Crippen LogP contribution in [0.1, 0.15) is 33.1 Å². The molecule has 0 radical (unpaired) electrons. The topological polar surface area (TPSA) is 26.3 Å².